The molecule has 1 N–H and O–H groups in total. The summed E-state index contributed by atoms with van der Waals surface area (Å²) in [4.78, 5) is 4.09. The second-order valence-electron chi connectivity index (χ2n) is 5.67. The van der Waals surface area contributed by atoms with Gasteiger partial charge in [0, 0.05) is 7.05 Å². The maximum Gasteiger partial charge on any atom is 0.402 e. The standard InChI is InChI=1S/C13H13Cl2F3N2O3S/c1-12(21,5-24(22,23)6-13(16,17)18)11-19-9-3-7(14)8(15)4-10(9)20(11)2/h3-4,21H,5-6H2,1-2H3. The molecule has 1 heterocycles. The van der Waals surface area contributed by atoms with Gasteiger partial charge in [-0.25, -0.2) is 13.4 Å². The quantitative estimate of drug-likeness (QED) is 0.849. The van der Waals surface area contributed by atoms with Crippen LogP contribution in [0.5, 0.6) is 0 Å². The average molecular weight is 405 g/mol. The maximum atomic E-state index is 12.4. The fraction of sp³-hybridized carbons (Fsp3) is 0.462. The molecule has 0 saturated heterocycles. The number of rotatable bonds is 4. The molecule has 0 amide bonds. The molecule has 0 radical (unpaired) electrons. The Hall–Kier alpha value is -1.03. The molecular weight excluding hydrogens is 392 g/mol. The summed E-state index contributed by atoms with van der Waals surface area (Å²) >= 11 is 11.8. The van der Waals surface area contributed by atoms with Crippen LogP contribution in [0, 0.1) is 0 Å². The summed E-state index contributed by atoms with van der Waals surface area (Å²) in [5.74, 6) is -3.25. The Morgan fingerprint density at radius 1 is 1.21 bits per heavy atom. The van der Waals surface area contributed by atoms with Crippen molar-refractivity contribution in [2.45, 2.75) is 18.7 Å². The van der Waals surface area contributed by atoms with Crippen molar-refractivity contribution in [3.8, 4) is 0 Å². The van der Waals surface area contributed by atoms with Crippen LogP contribution in [0.3, 0.4) is 0 Å². The Morgan fingerprint density at radius 2 is 1.75 bits per heavy atom. The van der Waals surface area contributed by atoms with Crippen LogP contribution in [-0.4, -0.2) is 40.8 Å². The highest BCUT2D eigenvalue weighted by atomic mass is 35.5. The van der Waals surface area contributed by atoms with Gasteiger partial charge in [0.2, 0.25) is 0 Å². The first-order valence-electron chi connectivity index (χ1n) is 6.53. The molecular formula is C13H13Cl2F3N2O3S. The van der Waals surface area contributed by atoms with Gasteiger partial charge in [-0.3, -0.25) is 0 Å². The number of nitrogens with zero attached hydrogens (tertiary/aromatic N) is 2. The fourth-order valence-corrected chi connectivity index (χ4v) is 4.36. The third kappa shape index (κ3) is 4.14. The fourth-order valence-electron chi connectivity index (χ4n) is 2.46. The zero-order valence-electron chi connectivity index (χ0n) is 12.5. The highest BCUT2D eigenvalue weighted by molar-refractivity contribution is 7.91. The number of sulfone groups is 1. The van der Waals surface area contributed by atoms with Gasteiger partial charge in [0.15, 0.2) is 9.84 Å². The van der Waals surface area contributed by atoms with E-state index >= 15 is 0 Å². The van der Waals surface area contributed by atoms with Crippen molar-refractivity contribution in [2.24, 2.45) is 7.05 Å². The van der Waals surface area contributed by atoms with Crippen molar-refractivity contribution in [3.05, 3.63) is 28.0 Å². The number of imidazole rings is 1. The minimum Gasteiger partial charge on any atom is -0.381 e. The maximum absolute atomic E-state index is 12.4. The van der Waals surface area contributed by atoms with Crippen molar-refractivity contribution in [1.82, 2.24) is 9.55 Å². The predicted molar refractivity (Wildman–Crippen MR) is 85.0 cm³/mol. The van der Waals surface area contributed by atoms with Gasteiger partial charge in [-0.05, 0) is 19.1 Å². The highest BCUT2D eigenvalue weighted by Gasteiger charge is 2.41. The van der Waals surface area contributed by atoms with Gasteiger partial charge < -0.3 is 9.67 Å². The van der Waals surface area contributed by atoms with E-state index < -0.39 is 33.1 Å². The average Bonchev–Trinajstić information content (AvgIpc) is 2.63. The molecule has 11 heteroatoms. The molecule has 0 aliphatic rings. The van der Waals surface area contributed by atoms with Gasteiger partial charge >= 0.3 is 6.18 Å². The first kappa shape index (κ1) is 19.3. The number of benzene rings is 1. The minimum absolute atomic E-state index is 0.110. The molecule has 0 saturated carbocycles. The molecule has 1 atom stereocenters. The molecule has 2 rings (SSSR count). The lowest BCUT2D eigenvalue weighted by molar-refractivity contribution is -0.106. The third-order valence-corrected chi connectivity index (χ3v) is 5.78. The summed E-state index contributed by atoms with van der Waals surface area (Å²) < 4.78 is 61.8. The minimum atomic E-state index is -4.89. The third-order valence-electron chi connectivity index (χ3n) is 3.29. The van der Waals surface area contributed by atoms with Crippen LogP contribution in [0.1, 0.15) is 12.7 Å². The lowest BCUT2D eigenvalue weighted by Crippen LogP contribution is -2.37. The van der Waals surface area contributed by atoms with Crippen LogP contribution >= 0.6 is 23.2 Å². The van der Waals surface area contributed by atoms with Gasteiger partial charge in [0.1, 0.15) is 17.2 Å². The SMILES string of the molecule is Cn1c(C(C)(O)CS(=O)(=O)CC(F)(F)F)nc2cc(Cl)c(Cl)cc21. The molecule has 0 aliphatic carbocycles. The number of alkyl halides is 3. The first-order valence-corrected chi connectivity index (χ1v) is 9.11. The van der Waals surface area contributed by atoms with Gasteiger partial charge in [-0.15, -0.1) is 0 Å². The van der Waals surface area contributed by atoms with Gasteiger partial charge in [-0.2, -0.15) is 13.2 Å². The molecule has 134 valence electrons. The van der Waals surface area contributed by atoms with Crippen LogP contribution in [-0.2, 0) is 22.5 Å². The van der Waals surface area contributed by atoms with E-state index in [-0.39, 0.29) is 15.9 Å². The number of aromatic nitrogens is 2. The largest absolute Gasteiger partial charge is 0.402 e. The summed E-state index contributed by atoms with van der Waals surface area (Å²) in [5, 5.41) is 10.9. The Labute approximate surface area is 145 Å². The topological polar surface area (TPSA) is 72.2 Å². The Morgan fingerprint density at radius 3 is 2.29 bits per heavy atom. The highest BCUT2D eigenvalue weighted by Crippen LogP contribution is 2.31. The van der Waals surface area contributed by atoms with Crippen molar-refractivity contribution in [2.75, 3.05) is 11.5 Å². The van der Waals surface area contributed by atoms with Crippen LogP contribution in [0.4, 0.5) is 13.2 Å². The smallest absolute Gasteiger partial charge is 0.381 e. The molecule has 1 unspecified atom stereocenters. The van der Waals surface area contributed by atoms with Gasteiger partial charge in [-0.1, -0.05) is 23.2 Å². The zero-order valence-corrected chi connectivity index (χ0v) is 14.9. The molecule has 1 aromatic carbocycles. The predicted octanol–water partition coefficient (Wildman–Crippen LogP) is 3.06. The van der Waals surface area contributed by atoms with Gasteiger partial charge in [0.25, 0.3) is 0 Å². The Balaban J connectivity index is 2.46. The molecule has 2 aromatic rings. The van der Waals surface area contributed by atoms with E-state index in [9.17, 15) is 26.7 Å². The number of aryl methyl sites for hydroxylation is 1. The lowest BCUT2D eigenvalue weighted by Gasteiger charge is -2.23. The van der Waals surface area contributed by atoms with E-state index in [0.717, 1.165) is 6.92 Å². The first-order chi connectivity index (χ1) is 10.7. The van der Waals surface area contributed by atoms with Crippen molar-refractivity contribution in [3.63, 3.8) is 0 Å². The van der Waals surface area contributed by atoms with Crippen molar-refractivity contribution >= 4 is 44.1 Å². The lowest BCUT2D eigenvalue weighted by atomic mass is 10.1. The van der Waals surface area contributed by atoms with E-state index in [0.29, 0.717) is 11.0 Å². The van der Waals surface area contributed by atoms with Crippen LogP contribution < -0.4 is 0 Å². The summed E-state index contributed by atoms with van der Waals surface area (Å²) in [5.41, 5.74) is -1.35. The van der Waals surface area contributed by atoms with E-state index in [2.05, 4.69) is 4.98 Å². The summed E-state index contributed by atoms with van der Waals surface area (Å²) in [6.45, 7) is 1.09. The van der Waals surface area contributed by atoms with Crippen molar-refractivity contribution in [1.29, 1.82) is 0 Å². The zero-order chi connectivity index (χ0) is 18.5. The number of hydrogen-bond acceptors (Lipinski definition) is 4. The molecule has 0 spiro atoms. The second-order valence-corrected chi connectivity index (χ2v) is 8.55. The van der Waals surface area contributed by atoms with Crippen LogP contribution in [0.25, 0.3) is 11.0 Å². The number of hydrogen-bond donors (Lipinski definition) is 1. The number of aliphatic hydroxyl groups is 1. The Bertz CT molecular complexity index is 892. The van der Waals surface area contributed by atoms with E-state index in [1.807, 2.05) is 0 Å². The molecule has 0 fully saturated rings. The van der Waals surface area contributed by atoms with E-state index in [1.54, 1.807) is 0 Å². The van der Waals surface area contributed by atoms with E-state index in [4.69, 9.17) is 23.2 Å². The van der Waals surface area contributed by atoms with Gasteiger partial charge in [0.05, 0.1) is 26.8 Å². The Kier molecular flexibility index (Phi) is 4.86. The van der Waals surface area contributed by atoms with Crippen molar-refractivity contribution < 1.29 is 26.7 Å². The summed E-state index contributed by atoms with van der Waals surface area (Å²) in [6.07, 6.45) is -4.89. The summed E-state index contributed by atoms with van der Waals surface area (Å²) in [7, 11) is -3.11. The molecule has 0 bridgehead atoms. The molecule has 5 nitrogen and oxygen atoms in total. The van der Waals surface area contributed by atoms with E-state index in [1.165, 1.54) is 23.7 Å². The number of halogens is 5. The molecule has 0 aliphatic heterocycles. The molecule has 1 aromatic heterocycles. The molecule has 24 heavy (non-hydrogen) atoms. The normalized spacial score (nSPS) is 15.7. The summed E-state index contributed by atoms with van der Waals surface area (Å²) in [6, 6.07) is 2.89. The van der Waals surface area contributed by atoms with Crippen LogP contribution in [0.15, 0.2) is 12.1 Å². The monoisotopic (exact) mass is 404 g/mol. The van der Waals surface area contributed by atoms with Crippen LogP contribution in [0.2, 0.25) is 10.0 Å². The number of fused-ring (bicyclic) bond motifs is 1. The second kappa shape index (κ2) is 6.05.